The monoisotopic (exact) mass is 353 g/mol. The summed E-state index contributed by atoms with van der Waals surface area (Å²) >= 11 is 1.48. The first kappa shape index (κ1) is 15.6. The van der Waals surface area contributed by atoms with Crippen LogP contribution in [0.15, 0.2) is 41.4 Å². The van der Waals surface area contributed by atoms with Gasteiger partial charge in [-0.3, -0.25) is 9.69 Å². The molecule has 7 heteroatoms. The van der Waals surface area contributed by atoms with Gasteiger partial charge in [-0.15, -0.1) is 11.3 Å². The van der Waals surface area contributed by atoms with Gasteiger partial charge in [-0.1, -0.05) is 6.07 Å². The van der Waals surface area contributed by atoms with Crippen LogP contribution in [0.4, 0.5) is 5.82 Å². The molecule has 0 saturated heterocycles. The molecule has 1 aliphatic heterocycles. The fraction of sp³-hybridized carbons (Fsp3) is 0.167. The molecule has 1 amide bonds. The Kier molecular flexibility index (Phi) is 3.85. The van der Waals surface area contributed by atoms with Crippen molar-refractivity contribution in [2.75, 3.05) is 19.1 Å². The minimum absolute atomic E-state index is 0.0158. The average Bonchev–Trinajstić information content (AvgIpc) is 3.29. The van der Waals surface area contributed by atoms with Crippen molar-refractivity contribution in [3.05, 3.63) is 52.5 Å². The number of benzene rings is 1. The van der Waals surface area contributed by atoms with Crippen LogP contribution in [0.3, 0.4) is 0 Å². The number of ether oxygens (including phenoxy) is 2. The average molecular weight is 353 g/mol. The Bertz CT molecular complexity index is 941. The van der Waals surface area contributed by atoms with Crippen LogP contribution in [0, 0.1) is 0 Å². The molecule has 126 valence electrons. The maximum Gasteiger partial charge on any atom is 0.260 e. The molecule has 1 aliphatic rings. The second-order valence-corrected chi connectivity index (χ2v) is 6.26. The molecule has 0 bridgehead atoms. The van der Waals surface area contributed by atoms with E-state index in [1.54, 1.807) is 30.8 Å². The first-order valence-corrected chi connectivity index (χ1v) is 8.57. The van der Waals surface area contributed by atoms with Crippen molar-refractivity contribution in [3.8, 4) is 22.8 Å². The summed E-state index contributed by atoms with van der Waals surface area (Å²) in [5.41, 5.74) is 5.29. The second-order valence-electron chi connectivity index (χ2n) is 5.55. The van der Waals surface area contributed by atoms with Gasteiger partial charge in [0.2, 0.25) is 0 Å². The number of hydrogen-bond acceptors (Lipinski definition) is 6. The smallest absolute Gasteiger partial charge is 0.260 e. The van der Waals surface area contributed by atoms with Crippen LogP contribution in [0.2, 0.25) is 0 Å². The van der Waals surface area contributed by atoms with Crippen molar-refractivity contribution in [2.24, 2.45) is 0 Å². The van der Waals surface area contributed by atoms with Crippen molar-refractivity contribution < 1.29 is 14.3 Å². The van der Waals surface area contributed by atoms with Crippen molar-refractivity contribution >= 4 is 23.1 Å². The number of amides is 1. The van der Waals surface area contributed by atoms with Crippen molar-refractivity contribution in [2.45, 2.75) is 6.54 Å². The highest BCUT2D eigenvalue weighted by atomic mass is 32.1. The van der Waals surface area contributed by atoms with Crippen LogP contribution in [0.5, 0.6) is 11.6 Å². The van der Waals surface area contributed by atoms with Gasteiger partial charge in [0.1, 0.15) is 5.82 Å². The van der Waals surface area contributed by atoms with E-state index in [4.69, 9.17) is 9.47 Å². The molecule has 0 fully saturated rings. The van der Waals surface area contributed by atoms with E-state index in [0.717, 1.165) is 16.7 Å². The fourth-order valence-corrected chi connectivity index (χ4v) is 3.45. The highest BCUT2D eigenvalue weighted by Gasteiger charge is 2.29. The molecule has 0 N–H and O–H groups in total. The highest BCUT2D eigenvalue weighted by Crippen LogP contribution is 2.34. The normalized spacial score (nSPS) is 13.0. The predicted octanol–water partition coefficient (Wildman–Crippen LogP) is 3.38. The third kappa shape index (κ3) is 2.62. The summed E-state index contributed by atoms with van der Waals surface area (Å²) in [4.78, 5) is 22.8. The third-order valence-electron chi connectivity index (χ3n) is 4.17. The van der Waals surface area contributed by atoms with Gasteiger partial charge in [-0.05, 0) is 29.3 Å². The van der Waals surface area contributed by atoms with Gasteiger partial charge in [0.05, 0.1) is 26.3 Å². The first-order chi connectivity index (χ1) is 12.2. The van der Waals surface area contributed by atoms with Crippen molar-refractivity contribution in [3.63, 3.8) is 0 Å². The summed E-state index contributed by atoms with van der Waals surface area (Å²) in [5.74, 6) is 1.69. The zero-order chi connectivity index (χ0) is 17.4. The fourth-order valence-electron chi connectivity index (χ4n) is 2.91. The van der Waals surface area contributed by atoms with Crippen LogP contribution >= 0.6 is 11.3 Å². The number of aromatic nitrogens is 2. The summed E-state index contributed by atoms with van der Waals surface area (Å²) in [7, 11) is 3.13. The Labute approximate surface area is 148 Å². The molecule has 25 heavy (non-hydrogen) atoms. The van der Waals surface area contributed by atoms with E-state index in [0.29, 0.717) is 29.6 Å². The van der Waals surface area contributed by atoms with Crippen LogP contribution in [-0.4, -0.2) is 30.1 Å². The van der Waals surface area contributed by atoms with Gasteiger partial charge in [0.25, 0.3) is 11.8 Å². The van der Waals surface area contributed by atoms with Gasteiger partial charge in [-0.2, -0.15) is 0 Å². The molecular weight excluding hydrogens is 338 g/mol. The summed E-state index contributed by atoms with van der Waals surface area (Å²) in [6.45, 7) is 0.520. The van der Waals surface area contributed by atoms with E-state index >= 15 is 0 Å². The van der Waals surface area contributed by atoms with E-state index in [2.05, 4.69) is 9.97 Å². The topological polar surface area (TPSA) is 64.5 Å². The Balaban J connectivity index is 1.70. The van der Waals surface area contributed by atoms with Gasteiger partial charge in [0.15, 0.2) is 5.75 Å². The number of methoxy groups -OCH3 is 2. The summed E-state index contributed by atoms with van der Waals surface area (Å²) < 4.78 is 10.5. The quantitative estimate of drug-likeness (QED) is 0.719. The zero-order valence-electron chi connectivity index (χ0n) is 13.7. The third-order valence-corrected chi connectivity index (χ3v) is 4.74. The molecule has 0 aliphatic carbocycles. The number of fused-ring (bicyclic) bond motifs is 1. The SMILES string of the molecule is COc1cc(-c2ccc3c(c2)CN(c2cscn2)C3=O)cnc1OC. The number of carbonyl (C=O) groups is 1. The number of rotatable bonds is 4. The van der Waals surface area contributed by atoms with E-state index in [1.165, 1.54) is 11.3 Å². The van der Waals surface area contributed by atoms with Crippen molar-refractivity contribution in [1.29, 1.82) is 0 Å². The molecular formula is C18H15N3O3S. The largest absolute Gasteiger partial charge is 0.491 e. The molecule has 4 rings (SSSR count). The standard InChI is InChI=1S/C18H15N3O3S/c1-23-15-6-12(7-19-17(15)24-2)11-3-4-14-13(5-11)8-21(18(14)22)16-9-25-10-20-16/h3-7,9-10H,8H2,1-2H3. The maximum absolute atomic E-state index is 12.6. The lowest BCUT2D eigenvalue weighted by Gasteiger charge is -2.11. The maximum atomic E-state index is 12.6. The van der Waals surface area contributed by atoms with Crippen molar-refractivity contribution in [1.82, 2.24) is 9.97 Å². The van der Waals surface area contributed by atoms with Gasteiger partial charge in [0, 0.05) is 22.7 Å². The summed E-state index contributed by atoms with van der Waals surface area (Å²) in [6, 6.07) is 7.67. The second kappa shape index (κ2) is 6.18. The lowest BCUT2D eigenvalue weighted by molar-refractivity contribution is 0.0996. The molecule has 0 saturated carbocycles. The van der Waals surface area contributed by atoms with Gasteiger partial charge >= 0.3 is 0 Å². The van der Waals surface area contributed by atoms with E-state index in [9.17, 15) is 4.79 Å². The molecule has 0 atom stereocenters. The molecule has 3 aromatic rings. The molecule has 1 aromatic carbocycles. The first-order valence-electron chi connectivity index (χ1n) is 7.62. The summed E-state index contributed by atoms with van der Waals surface area (Å²) in [5, 5.41) is 1.88. The number of hydrogen-bond donors (Lipinski definition) is 0. The minimum Gasteiger partial charge on any atom is -0.491 e. The Morgan fingerprint density at radius 3 is 2.72 bits per heavy atom. The molecule has 2 aromatic heterocycles. The van der Waals surface area contributed by atoms with E-state index in [-0.39, 0.29) is 5.91 Å². The molecule has 0 unspecified atom stereocenters. The Hall–Kier alpha value is -2.93. The van der Waals surface area contributed by atoms with Gasteiger partial charge in [-0.25, -0.2) is 9.97 Å². The summed E-state index contributed by atoms with van der Waals surface area (Å²) in [6.07, 6.45) is 1.73. The van der Waals surface area contributed by atoms with E-state index in [1.807, 2.05) is 29.6 Å². The Morgan fingerprint density at radius 2 is 2.00 bits per heavy atom. The van der Waals surface area contributed by atoms with Crippen LogP contribution in [0.25, 0.3) is 11.1 Å². The zero-order valence-corrected chi connectivity index (χ0v) is 14.5. The van der Waals surface area contributed by atoms with E-state index < -0.39 is 0 Å². The lowest BCUT2D eigenvalue weighted by Crippen LogP contribution is -2.23. The number of thiazole rings is 1. The predicted molar refractivity (Wildman–Crippen MR) is 95.4 cm³/mol. The molecule has 3 heterocycles. The highest BCUT2D eigenvalue weighted by molar-refractivity contribution is 7.07. The molecule has 0 radical (unpaired) electrons. The van der Waals surface area contributed by atoms with Gasteiger partial charge < -0.3 is 9.47 Å². The number of nitrogens with zero attached hydrogens (tertiary/aromatic N) is 3. The molecule has 6 nitrogen and oxygen atoms in total. The number of carbonyl (C=O) groups excluding carboxylic acids is 1. The molecule has 0 spiro atoms. The minimum atomic E-state index is -0.0158. The number of anilines is 1. The van der Waals surface area contributed by atoms with Crippen LogP contribution in [-0.2, 0) is 6.54 Å². The van der Waals surface area contributed by atoms with Crippen LogP contribution < -0.4 is 14.4 Å². The Morgan fingerprint density at radius 1 is 1.12 bits per heavy atom. The number of pyridine rings is 1. The lowest BCUT2D eigenvalue weighted by atomic mass is 10.0. The van der Waals surface area contributed by atoms with Crippen LogP contribution in [0.1, 0.15) is 15.9 Å².